The largest absolute Gasteiger partial charge is 0.370 e. The molecule has 162 valence electrons. The number of hydrogen-bond acceptors (Lipinski definition) is 7. The molecule has 3 aromatic heterocycles. The lowest BCUT2D eigenvalue weighted by molar-refractivity contribution is -0.0401. The van der Waals surface area contributed by atoms with Crippen LogP contribution < -0.4 is 5.32 Å². The zero-order chi connectivity index (χ0) is 21.3. The first-order valence-electron chi connectivity index (χ1n) is 11.1. The van der Waals surface area contributed by atoms with Crippen LogP contribution >= 0.6 is 11.3 Å². The normalized spacial score (nSPS) is 15.8. The molecule has 30 heavy (non-hydrogen) atoms. The molecule has 0 saturated heterocycles. The van der Waals surface area contributed by atoms with Crippen molar-refractivity contribution in [2.75, 3.05) is 31.5 Å². The van der Waals surface area contributed by atoms with Gasteiger partial charge in [-0.25, -0.2) is 15.0 Å². The van der Waals surface area contributed by atoms with Gasteiger partial charge in [-0.3, -0.25) is 0 Å². The van der Waals surface area contributed by atoms with Gasteiger partial charge in [0.25, 0.3) is 0 Å². The molecule has 6 nitrogen and oxygen atoms in total. The highest BCUT2D eigenvalue weighted by atomic mass is 32.1. The van der Waals surface area contributed by atoms with Crippen LogP contribution in [0.3, 0.4) is 0 Å². The second-order valence-corrected chi connectivity index (χ2v) is 9.63. The van der Waals surface area contributed by atoms with Gasteiger partial charge in [0, 0.05) is 36.2 Å². The molecular weight excluding hydrogens is 394 g/mol. The maximum absolute atomic E-state index is 6.15. The number of likely N-dealkylation sites (N-methyl/N-ethyl adjacent to an activating group) is 1. The first kappa shape index (κ1) is 21.4. The molecule has 0 radical (unpaired) electrons. The highest BCUT2D eigenvalue weighted by Gasteiger charge is 2.31. The summed E-state index contributed by atoms with van der Waals surface area (Å²) >= 11 is 1.72. The second kappa shape index (κ2) is 8.73. The number of ether oxygens (including phenoxy) is 1. The van der Waals surface area contributed by atoms with E-state index in [0.717, 1.165) is 66.3 Å². The molecule has 0 atom stereocenters. The smallest absolute Gasteiger partial charge is 0.147 e. The Morgan fingerprint density at radius 1 is 1.17 bits per heavy atom. The van der Waals surface area contributed by atoms with Crippen molar-refractivity contribution >= 4 is 37.6 Å². The van der Waals surface area contributed by atoms with Gasteiger partial charge in [-0.2, -0.15) is 0 Å². The summed E-state index contributed by atoms with van der Waals surface area (Å²) in [6.45, 7) is 15.6. The number of anilines is 1. The number of rotatable bonds is 8. The first-order chi connectivity index (χ1) is 14.5. The summed E-state index contributed by atoms with van der Waals surface area (Å²) in [6, 6.07) is 0. The Morgan fingerprint density at radius 2 is 1.97 bits per heavy atom. The number of fused-ring (bicyclic) bond motifs is 5. The maximum atomic E-state index is 6.15. The number of aromatic nitrogens is 3. The van der Waals surface area contributed by atoms with Crippen LogP contribution in [-0.4, -0.2) is 51.6 Å². The van der Waals surface area contributed by atoms with Gasteiger partial charge in [0.2, 0.25) is 0 Å². The third-order valence-electron chi connectivity index (χ3n) is 6.02. The van der Waals surface area contributed by atoms with E-state index in [2.05, 4.69) is 49.8 Å². The van der Waals surface area contributed by atoms with Crippen LogP contribution in [0.5, 0.6) is 0 Å². The lowest BCUT2D eigenvalue weighted by atomic mass is 9.88. The molecule has 0 bridgehead atoms. The Hall–Kier alpha value is -1.83. The van der Waals surface area contributed by atoms with Gasteiger partial charge in [-0.05, 0) is 38.9 Å². The Balaban J connectivity index is 1.79. The summed E-state index contributed by atoms with van der Waals surface area (Å²) in [5, 5.41) is 4.75. The average Bonchev–Trinajstić information content (AvgIpc) is 3.10. The van der Waals surface area contributed by atoms with Gasteiger partial charge in [-0.15, -0.1) is 11.3 Å². The van der Waals surface area contributed by atoms with Crippen LogP contribution in [0, 0.1) is 0 Å². The molecule has 0 spiro atoms. The van der Waals surface area contributed by atoms with Crippen molar-refractivity contribution in [3.8, 4) is 0 Å². The van der Waals surface area contributed by atoms with E-state index in [1.807, 2.05) is 0 Å². The fourth-order valence-corrected chi connectivity index (χ4v) is 5.46. The second-order valence-electron chi connectivity index (χ2n) is 8.63. The Kier molecular flexibility index (Phi) is 6.23. The Bertz CT molecular complexity index is 1040. The quantitative estimate of drug-likeness (QED) is 0.557. The van der Waals surface area contributed by atoms with Crippen LogP contribution in [-0.2, 0) is 24.2 Å². The van der Waals surface area contributed by atoms with Gasteiger partial charge in [-0.1, -0.05) is 27.2 Å². The van der Waals surface area contributed by atoms with Crippen molar-refractivity contribution in [1.29, 1.82) is 0 Å². The van der Waals surface area contributed by atoms with Crippen LogP contribution in [0.25, 0.3) is 20.4 Å². The Morgan fingerprint density at radius 3 is 2.70 bits per heavy atom. The summed E-state index contributed by atoms with van der Waals surface area (Å²) in [6.07, 6.45) is 4.64. The molecule has 0 unspecified atom stereocenters. The number of nitrogens with zero attached hydrogens (tertiary/aromatic N) is 4. The standard InChI is InChI=1S/C23H33N5OS/c1-6-9-17-16-13-29-23(4,5)12-15(16)18-19-20(30-22(18)27-17)21(26-14-25-19)24-10-11-28(7-2)8-3/h14H,6-13H2,1-5H3,(H,24,25,26). The number of hydrogen-bond donors (Lipinski definition) is 1. The van der Waals surface area contributed by atoms with E-state index >= 15 is 0 Å². The lowest BCUT2D eigenvalue weighted by Crippen LogP contribution is -2.32. The highest BCUT2D eigenvalue weighted by Crippen LogP contribution is 2.42. The molecule has 0 amide bonds. The summed E-state index contributed by atoms with van der Waals surface area (Å²) in [5.74, 6) is 0.923. The van der Waals surface area contributed by atoms with Gasteiger partial charge in [0.05, 0.1) is 22.4 Å². The lowest BCUT2D eigenvalue weighted by Gasteiger charge is -2.33. The minimum atomic E-state index is -0.170. The molecule has 0 saturated carbocycles. The van der Waals surface area contributed by atoms with Gasteiger partial charge < -0.3 is 15.0 Å². The van der Waals surface area contributed by atoms with Crippen molar-refractivity contribution in [1.82, 2.24) is 19.9 Å². The predicted octanol–water partition coefficient (Wildman–Crippen LogP) is 4.80. The molecule has 0 fully saturated rings. The van der Waals surface area contributed by atoms with Crippen molar-refractivity contribution in [3.05, 3.63) is 23.1 Å². The monoisotopic (exact) mass is 427 g/mol. The molecule has 3 aromatic rings. The van der Waals surface area contributed by atoms with E-state index in [0.29, 0.717) is 6.61 Å². The number of nitrogens with one attached hydrogen (secondary N) is 1. The van der Waals surface area contributed by atoms with Crippen LogP contribution in [0.2, 0.25) is 0 Å². The summed E-state index contributed by atoms with van der Waals surface area (Å²) < 4.78 is 7.26. The molecule has 4 rings (SSSR count). The average molecular weight is 428 g/mol. The number of thiophene rings is 1. The van der Waals surface area contributed by atoms with Gasteiger partial charge in [0.1, 0.15) is 17.0 Å². The molecule has 1 aliphatic heterocycles. The third kappa shape index (κ3) is 4.03. The van der Waals surface area contributed by atoms with E-state index in [1.165, 1.54) is 22.2 Å². The number of aryl methyl sites for hydroxylation is 1. The summed E-state index contributed by atoms with van der Waals surface area (Å²) in [7, 11) is 0. The first-order valence-corrected chi connectivity index (χ1v) is 12.0. The van der Waals surface area contributed by atoms with E-state index in [-0.39, 0.29) is 5.60 Å². The predicted molar refractivity (Wildman–Crippen MR) is 126 cm³/mol. The summed E-state index contributed by atoms with van der Waals surface area (Å²) in [4.78, 5) is 17.8. The van der Waals surface area contributed by atoms with E-state index in [4.69, 9.17) is 14.7 Å². The molecule has 1 N–H and O–H groups in total. The molecule has 0 aromatic carbocycles. The zero-order valence-corrected chi connectivity index (χ0v) is 19.7. The molecule has 0 aliphatic carbocycles. The van der Waals surface area contributed by atoms with Gasteiger partial charge >= 0.3 is 0 Å². The van der Waals surface area contributed by atoms with Crippen LogP contribution in [0.1, 0.15) is 57.9 Å². The topological polar surface area (TPSA) is 63.2 Å². The van der Waals surface area contributed by atoms with Crippen molar-refractivity contribution < 1.29 is 4.74 Å². The fourth-order valence-electron chi connectivity index (χ4n) is 4.31. The minimum absolute atomic E-state index is 0.170. The van der Waals surface area contributed by atoms with E-state index in [9.17, 15) is 0 Å². The minimum Gasteiger partial charge on any atom is -0.370 e. The van der Waals surface area contributed by atoms with Crippen molar-refractivity contribution in [2.24, 2.45) is 0 Å². The maximum Gasteiger partial charge on any atom is 0.147 e. The van der Waals surface area contributed by atoms with Gasteiger partial charge in [0.15, 0.2) is 0 Å². The summed E-state index contributed by atoms with van der Waals surface area (Å²) in [5.41, 5.74) is 4.69. The molecular formula is C23H33N5OS. The fraction of sp³-hybridized carbons (Fsp3) is 0.609. The number of pyridine rings is 1. The highest BCUT2D eigenvalue weighted by molar-refractivity contribution is 7.26. The van der Waals surface area contributed by atoms with E-state index < -0.39 is 0 Å². The molecule has 7 heteroatoms. The van der Waals surface area contributed by atoms with Crippen molar-refractivity contribution in [3.63, 3.8) is 0 Å². The van der Waals surface area contributed by atoms with Crippen LogP contribution in [0.4, 0.5) is 5.82 Å². The van der Waals surface area contributed by atoms with Crippen molar-refractivity contribution in [2.45, 2.75) is 66.1 Å². The molecule has 4 heterocycles. The van der Waals surface area contributed by atoms with E-state index in [1.54, 1.807) is 17.7 Å². The van der Waals surface area contributed by atoms with Crippen LogP contribution in [0.15, 0.2) is 6.33 Å². The SMILES string of the molecule is CCCc1nc2sc3c(NCCN(CC)CC)ncnc3c2c2c1COC(C)(C)C2. The third-order valence-corrected chi connectivity index (χ3v) is 7.10. The Labute approximate surface area is 183 Å². The molecule has 1 aliphatic rings. The zero-order valence-electron chi connectivity index (χ0n) is 18.8.